The zero-order chi connectivity index (χ0) is 14.4. The number of anilines is 1. The molecule has 0 aliphatic carbocycles. The molecule has 0 bridgehead atoms. The lowest BCUT2D eigenvalue weighted by Crippen LogP contribution is -2.27. The molecule has 1 N–H and O–H groups in total. The van der Waals surface area contributed by atoms with Gasteiger partial charge >= 0.3 is 0 Å². The summed E-state index contributed by atoms with van der Waals surface area (Å²) < 4.78 is 13.7. The van der Waals surface area contributed by atoms with Crippen molar-refractivity contribution in [3.8, 4) is 12.1 Å². The Bertz CT molecular complexity index is 511. The molecular weight excluding hydrogens is 243 g/mol. The molecule has 1 aromatic carbocycles. The predicted molar refractivity (Wildman–Crippen MR) is 72.1 cm³/mol. The van der Waals surface area contributed by atoms with Crippen molar-refractivity contribution >= 4 is 5.69 Å². The van der Waals surface area contributed by atoms with Crippen LogP contribution in [-0.2, 0) is 0 Å². The van der Waals surface area contributed by atoms with Gasteiger partial charge in [0.15, 0.2) is 0 Å². The standard InChI is InChI=1S/C14H17FN4/c1-10-8-14(19(6-4-16)7-5-17)12(9-13(10)15)11(2)18-3/h8-9,11,18H,6-7H2,1-3H3. The van der Waals surface area contributed by atoms with Crippen LogP contribution >= 0.6 is 0 Å². The van der Waals surface area contributed by atoms with Crippen LogP contribution in [0.5, 0.6) is 0 Å². The maximum absolute atomic E-state index is 13.7. The number of nitrogens with zero attached hydrogens (tertiary/aromatic N) is 3. The van der Waals surface area contributed by atoms with E-state index in [0.717, 1.165) is 11.3 Å². The van der Waals surface area contributed by atoms with Crippen molar-refractivity contribution < 1.29 is 4.39 Å². The Morgan fingerprint density at radius 3 is 2.37 bits per heavy atom. The number of rotatable bonds is 5. The lowest BCUT2D eigenvalue weighted by molar-refractivity contribution is 0.600. The topological polar surface area (TPSA) is 62.9 Å². The van der Waals surface area contributed by atoms with Crippen LogP contribution in [0.25, 0.3) is 0 Å². The molecule has 0 aliphatic heterocycles. The number of benzene rings is 1. The highest BCUT2D eigenvalue weighted by Crippen LogP contribution is 2.29. The molecule has 1 aromatic rings. The van der Waals surface area contributed by atoms with Crippen LogP contribution in [0, 0.1) is 35.4 Å². The highest BCUT2D eigenvalue weighted by Gasteiger charge is 2.17. The number of hydrogen-bond acceptors (Lipinski definition) is 4. The van der Waals surface area contributed by atoms with E-state index in [0.29, 0.717) is 5.56 Å². The lowest BCUT2D eigenvalue weighted by Gasteiger charge is -2.25. The van der Waals surface area contributed by atoms with Crippen molar-refractivity contribution in [3.05, 3.63) is 29.1 Å². The van der Waals surface area contributed by atoms with Crippen molar-refractivity contribution in [2.45, 2.75) is 19.9 Å². The van der Waals surface area contributed by atoms with Crippen LogP contribution in [0.4, 0.5) is 10.1 Å². The van der Waals surface area contributed by atoms with Gasteiger partial charge in [-0.2, -0.15) is 10.5 Å². The molecule has 0 saturated heterocycles. The van der Waals surface area contributed by atoms with Gasteiger partial charge in [0, 0.05) is 11.7 Å². The van der Waals surface area contributed by atoms with E-state index in [4.69, 9.17) is 10.5 Å². The van der Waals surface area contributed by atoms with Crippen LogP contribution in [0.2, 0.25) is 0 Å². The molecular formula is C14H17FN4. The van der Waals surface area contributed by atoms with E-state index in [1.807, 2.05) is 19.1 Å². The normalized spacial score (nSPS) is 11.5. The number of hydrogen-bond donors (Lipinski definition) is 1. The Morgan fingerprint density at radius 1 is 1.32 bits per heavy atom. The first kappa shape index (κ1) is 14.9. The average molecular weight is 260 g/mol. The first-order valence-corrected chi connectivity index (χ1v) is 6.01. The summed E-state index contributed by atoms with van der Waals surface area (Å²) in [6.45, 7) is 3.78. The fraction of sp³-hybridized carbons (Fsp3) is 0.429. The second-order valence-corrected chi connectivity index (χ2v) is 4.34. The highest BCUT2D eigenvalue weighted by atomic mass is 19.1. The van der Waals surface area contributed by atoms with Gasteiger partial charge in [0.05, 0.1) is 12.1 Å². The summed E-state index contributed by atoms with van der Waals surface area (Å²) in [5.41, 5.74) is 1.97. The molecule has 1 unspecified atom stereocenters. The summed E-state index contributed by atoms with van der Waals surface area (Å²) in [7, 11) is 1.78. The SMILES string of the molecule is CNC(C)c1cc(F)c(C)cc1N(CC#N)CC#N. The maximum atomic E-state index is 13.7. The van der Waals surface area contributed by atoms with Gasteiger partial charge in [-0.3, -0.25) is 0 Å². The van der Waals surface area contributed by atoms with Crippen LogP contribution in [0.15, 0.2) is 12.1 Å². The first-order valence-electron chi connectivity index (χ1n) is 6.01. The largest absolute Gasteiger partial charge is 0.345 e. The molecule has 5 heteroatoms. The fourth-order valence-electron chi connectivity index (χ4n) is 1.85. The monoisotopic (exact) mass is 260 g/mol. The molecule has 0 radical (unpaired) electrons. The zero-order valence-corrected chi connectivity index (χ0v) is 11.4. The Balaban J connectivity index is 3.34. The van der Waals surface area contributed by atoms with E-state index in [2.05, 4.69) is 5.32 Å². The Morgan fingerprint density at radius 2 is 1.89 bits per heavy atom. The highest BCUT2D eigenvalue weighted by molar-refractivity contribution is 5.58. The van der Waals surface area contributed by atoms with E-state index in [-0.39, 0.29) is 24.9 Å². The molecule has 0 heterocycles. The van der Waals surface area contributed by atoms with Crippen LogP contribution < -0.4 is 10.2 Å². The van der Waals surface area contributed by atoms with Gasteiger partial charge in [0.25, 0.3) is 0 Å². The van der Waals surface area contributed by atoms with Gasteiger partial charge in [-0.25, -0.2) is 4.39 Å². The summed E-state index contributed by atoms with van der Waals surface area (Å²) in [6, 6.07) is 7.15. The molecule has 1 rings (SSSR count). The zero-order valence-electron chi connectivity index (χ0n) is 11.4. The second kappa shape index (κ2) is 6.72. The number of aryl methyl sites for hydroxylation is 1. The summed E-state index contributed by atoms with van der Waals surface area (Å²) in [4.78, 5) is 1.65. The van der Waals surface area contributed by atoms with Gasteiger partial charge in [0.1, 0.15) is 18.9 Å². The van der Waals surface area contributed by atoms with Crippen LogP contribution in [0.1, 0.15) is 24.1 Å². The van der Waals surface area contributed by atoms with E-state index < -0.39 is 0 Å². The summed E-state index contributed by atoms with van der Waals surface area (Å²) in [5, 5.41) is 20.7. The fourth-order valence-corrected chi connectivity index (χ4v) is 1.85. The molecule has 0 amide bonds. The minimum Gasteiger partial charge on any atom is -0.345 e. The minimum atomic E-state index is -0.283. The minimum absolute atomic E-state index is 0.0648. The van der Waals surface area contributed by atoms with Crippen LogP contribution in [-0.4, -0.2) is 20.1 Å². The third-order valence-corrected chi connectivity index (χ3v) is 3.07. The molecule has 19 heavy (non-hydrogen) atoms. The van der Waals surface area contributed by atoms with Gasteiger partial charge in [-0.05, 0) is 44.2 Å². The predicted octanol–water partition coefficient (Wildman–Crippen LogP) is 2.27. The first-order chi connectivity index (χ1) is 9.04. The molecule has 4 nitrogen and oxygen atoms in total. The number of nitriles is 2. The van der Waals surface area contributed by atoms with Crippen molar-refractivity contribution in [2.75, 3.05) is 25.0 Å². The second-order valence-electron chi connectivity index (χ2n) is 4.34. The Kier molecular flexibility index (Phi) is 5.29. The molecule has 0 aromatic heterocycles. The summed E-state index contributed by atoms with van der Waals surface area (Å²) in [6.07, 6.45) is 0. The van der Waals surface area contributed by atoms with Crippen LogP contribution in [0.3, 0.4) is 0 Å². The van der Waals surface area contributed by atoms with E-state index in [1.165, 1.54) is 6.07 Å². The van der Waals surface area contributed by atoms with E-state index in [9.17, 15) is 4.39 Å². The molecule has 1 atom stereocenters. The Labute approximate surface area is 113 Å². The maximum Gasteiger partial charge on any atom is 0.126 e. The van der Waals surface area contributed by atoms with Gasteiger partial charge in [-0.1, -0.05) is 0 Å². The van der Waals surface area contributed by atoms with E-state index >= 15 is 0 Å². The third kappa shape index (κ3) is 3.43. The number of halogens is 1. The molecule has 100 valence electrons. The molecule has 0 fully saturated rings. The summed E-state index contributed by atoms with van der Waals surface area (Å²) >= 11 is 0. The molecule has 0 saturated carbocycles. The molecule has 0 aliphatic rings. The number of nitrogens with one attached hydrogen (secondary N) is 1. The van der Waals surface area contributed by atoms with Crippen molar-refractivity contribution in [1.29, 1.82) is 10.5 Å². The summed E-state index contributed by atoms with van der Waals surface area (Å²) in [5.74, 6) is -0.283. The smallest absolute Gasteiger partial charge is 0.126 e. The van der Waals surface area contributed by atoms with Gasteiger partial charge < -0.3 is 10.2 Å². The van der Waals surface area contributed by atoms with Gasteiger partial charge in [0.2, 0.25) is 0 Å². The van der Waals surface area contributed by atoms with Crippen molar-refractivity contribution in [2.24, 2.45) is 0 Å². The quantitative estimate of drug-likeness (QED) is 0.825. The van der Waals surface area contributed by atoms with E-state index in [1.54, 1.807) is 24.9 Å². The Hall–Kier alpha value is -2.11. The van der Waals surface area contributed by atoms with Gasteiger partial charge in [-0.15, -0.1) is 0 Å². The average Bonchev–Trinajstić information content (AvgIpc) is 2.40. The lowest BCUT2D eigenvalue weighted by atomic mass is 10.0. The third-order valence-electron chi connectivity index (χ3n) is 3.07. The van der Waals surface area contributed by atoms with Crippen molar-refractivity contribution in [3.63, 3.8) is 0 Å². The van der Waals surface area contributed by atoms with Crippen molar-refractivity contribution in [1.82, 2.24) is 5.32 Å². The molecule has 0 spiro atoms.